The highest BCUT2D eigenvalue weighted by Crippen LogP contribution is 2.08. The fourth-order valence-corrected chi connectivity index (χ4v) is 1.32. The topological polar surface area (TPSA) is 75.1 Å². The first-order valence-electron chi connectivity index (χ1n) is 5.07. The number of nitrogens with one attached hydrogen (secondary N) is 1. The van der Waals surface area contributed by atoms with Gasteiger partial charge < -0.3 is 10.4 Å². The fraction of sp³-hybridized carbons (Fsp3) is 0.0833. The van der Waals surface area contributed by atoms with Crippen LogP contribution in [0.15, 0.2) is 48.9 Å². The van der Waals surface area contributed by atoms with Crippen LogP contribution < -0.4 is 5.32 Å². The van der Waals surface area contributed by atoms with Gasteiger partial charge in [0, 0.05) is 24.2 Å². The zero-order chi connectivity index (χ0) is 12.1. The second kappa shape index (κ2) is 5.18. The van der Waals surface area contributed by atoms with Crippen molar-refractivity contribution in [3.63, 3.8) is 0 Å². The predicted molar refractivity (Wildman–Crippen MR) is 60.9 cm³/mol. The molecule has 0 unspecified atom stereocenters. The molecule has 0 radical (unpaired) electrons. The van der Waals surface area contributed by atoms with E-state index < -0.39 is 12.1 Å². The van der Waals surface area contributed by atoms with Gasteiger partial charge in [0.2, 0.25) is 0 Å². The monoisotopic (exact) mass is 229 g/mol. The molecule has 17 heavy (non-hydrogen) atoms. The third-order valence-corrected chi connectivity index (χ3v) is 2.19. The Morgan fingerprint density at radius 3 is 2.59 bits per heavy atom. The highest BCUT2D eigenvalue weighted by Gasteiger charge is 2.12. The maximum atomic E-state index is 11.7. The van der Waals surface area contributed by atoms with Crippen LogP contribution >= 0.6 is 0 Å². The molecule has 1 amide bonds. The molecule has 2 rings (SSSR count). The summed E-state index contributed by atoms with van der Waals surface area (Å²) in [4.78, 5) is 19.4. The van der Waals surface area contributed by atoms with Crippen molar-refractivity contribution >= 4 is 5.91 Å². The highest BCUT2D eigenvalue weighted by atomic mass is 16.3. The molecule has 0 saturated heterocycles. The fourth-order valence-electron chi connectivity index (χ4n) is 1.32. The first-order valence-corrected chi connectivity index (χ1v) is 5.07. The average molecular weight is 229 g/mol. The molecule has 5 heteroatoms. The molecule has 0 saturated carbocycles. The highest BCUT2D eigenvalue weighted by molar-refractivity contribution is 5.92. The molecule has 1 atom stereocenters. The van der Waals surface area contributed by atoms with Gasteiger partial charge in [0.25, 0.3) is 5.91 Å². The molecule has 0 bridgehead atoms. The molecule has 2 heterocycles. The van der Waals surface area contributed by atoms with Gasteiger partial charge >= 0.3 is 0 Å². The van der Waals surface area contributed by atoms with E-state index in [-0.39, 0.29) is 5.69 Å². The number of aliphatic hydroxyl groups excluding tert-OH is 1. The lowest BCUT2D eigenvalue weighted by molar-refractivity contribution is 0.0778. The first-order chi connectivity index (χ1) is 8.27. The van der Waals surface area contributed by atoms with E-state index in [0.29, 0.717) is 5.56 Å². The van der Waals surface area contributed by atoms with Crippen molar-refractivity contribution in [1.82, 2.24) is 15.3 Å². The van der Waals surface area contributed by atoms with Crippen molar-refractivity contribution in [3.05, 3.63) is 60.2 Å². The molecule has 0 aliphatic rings. The molecule has 0 aliphatic heterocycles. The number of rotatable bonds is 3. The van der Waals surface area contributed by atoms with Crippen LogP contribution in [-0.2, 0) is 0 Å². The zero-order valence-electron chi connectivity index (χ0n) is 8.95. The molecule has 0 aliphatic carbocycles. The lowest BCUT2D eigenvalue weighted by Crippen LogP contribution is -2.28. The van der Waals surface area contributed by atoms with Crippen molar-refractivity contribution in [2.24, 2.45) is 0 Å². The van der Waals surface area contributed by atoms with Gasteiger partial charge in [-0.3, -0.25) is 14.8 Å². The van der Waals surface area contributed by atoms with Crippen molar-refractivity contribution < 1.29 is 9.90 Å². The van der Waals surface area contributed by atoms with Crippen LogP contribution in [0.5, 0.6) is 0 Å². The minimum atomic E-state index is -1.06. The molecule has 2 aromatic rings. The molecule has 5 nitrogen and oxygen atoms in total. The maximum absolute atomic E-state index is 11.7. The van der Waals surface area contributed by atoms with Gasteiger partial charge in [-0.15, -0.1) is 0 Å². The zero-order valence-corrected chi connectivity index (χ0v) is 8.95. The summed E-state index contributed by atoms with van der Waals surface area (Å²) in [7, 11) is 0. The van der Waals surface area contributed by atoms with Gasteiger partial charge in [-0.05, 0) is 24.3 Å². The van der Waals surface area contributed by atoms with E-state index in [9.17, 15) is 9.90 Å². The number of amides is 1. The SMILES string of the molecule is O=C(N[C@H](O)c1ccncc1)c1ccccn1. The largest absolute Gasteiger partial charge is 0.369 e. The van der Waals surface area contributed by atoms with Gasteiger partial charge in [-0.25, -0.2) is 0 Å². The number of nitrogens with zero attached hydrogens (tertiary/aromatic N) is 2. The predicted octanol–water partition coefficient (Wildman–Crippen LogP) is 0.898. The quantitative estimate of drug-likeness (QED) is 0.767. The molecule has 2 N–H and O–H groups in total. The number of aromatic nitrogens is 2. The number of pyridine rings is 2. The van der Waals surface area contributed by atoms with Crippen molar-refractivity contribution in [1.29, 1.82) is 0 Å². The number of hydrogen-bond acceptors (Lipinski definition) is 4. The van der Waals surface area contributed by atoms with Gasteiger partial charge in [0.1, 0.15) is 5.69 Å². The second-order valence-electron chi connectivity index (χ2n) is 3.37. The van der Waals surface area contributed by atoms with Gasteiger partial charge in [0.05, 0.1) is 0 Å². The summed E-state index contributed by atoms with van der Waals surface area (Å²) < 4.78 is 0. The van der Waals surface area contributed by atoms with Crippen LogP contribution in [0.3, 0.4) is 0 Å². The molecule has 0 fully saturated rings. The maximum Gasteiger partial charge on any atom is 0.272 e. The van der Waals surface area contributed by atoms with Crippen LogP contribution in [0, 0.1) is 0 Å². The van der Waals surface area contributed by atoms with Gasteiger partial charge in [-0.2, -0.15) is 0 Å². The molecular formula is C12H11N3O2. The third kappa shape index (κ3) is 2.85. The van der Waals surface area contributed by atoms with Crippen LogP contribution in [0.4, 0.5) is 0 Å². The summed E-state index contributed by atoms with van der Waals surface area (Å²) in [5.74, 6) is -0.421. The molecular weight excluding hydrogens is 218 g/mol. The van der Waals surface area contributed by atoms with Crippen LogP contribution in [-0.4, -0.2) is 21.0 Å². The van der Waals surface area contributed by atoms with Crippen LogP contribution in [0.1, 0.15) is 22.3 Å². The molecule has 0 spiro atoms. The number of carbonyl (C=O) groups is 1. The van der Waals surface area contributed by atoms with E-state index in [1.165, 1.54) is 6.20 Å². The number of aliphatic hydroxyl groups is 1. The third-order valence-electron chi connectivity index (χ3n) is 2.19. The van der Waals surface area contributed by atoms with E-state index in [1.807, 2.05) is 0 Å². The van der Waals surface area contributed by atoms with Gasteiger partial charge in [0.15, 0.2) is 6.23 Å². The molecule has 0 aromatic carbocycles. The van der Waals surface area contributed by atoms with Crippen molar-refractivity contribution in [3.8, 4) is 0 Å². The minimum absolute atomic E-state index is 0.264. The Hall–Kier alpha value is -2.27. The van der Waals surface area contributed by atoms with E-state index >= 15 is 0 Å². The Morgan fingerprint density at radius 2 is 1.94 bits per heavy atom. The van der Waals surface area contributed by atoms with Crippen molar-refractivity contribution in [2.45, 2.75) is 6.23 Å². The second-order valence-corrected chi connectivity index (χ2v) is 3.37. The Balaban J connectivity index is 2.05. The summed E-state index contributed by atoms with van der Waals surface area (Å²) in [5.41, 5.74) is 0.838. The van der Waals surface area contributed by atoms with E-state index in [2.05, 4.69) is 15.3 Å². The summed E-state index contributed by atoms with van der Waals surface area (Å²) in [6.07, 6.45) is 3.55. The number of carbonyl (C=O) groups excluding carboxylic acids is 1. The smallest absolute Gasteiger partial charge is 0.272 e. The normalized spacial score (nSPS) is 11.8. The molecule has 86 valence electrons. The minimum Gasteiger partial charge on any atom is -0.369 e. The van der Waals surface area contributed by atoms with Crippen molar-refractivity contribution in [2.75, 3.05) is 0 Å². The Bertz CT molecular complexity index is 488. The van der Waals surface area contributed by atoms with Crippen LogP contribution in [0.25, 0.3) is 0 Å². The Labute approximate surface area is 98.2 Å². The Morgan fingerprint density at radius 1 is 1.18 bits per heavy atom. The summed E-state index contributed by atoms with van der Waals surface area (Å²) in [6.45, 7) is 0. The summed E-state index contributed by atoms with van der Waals surface area (Å²) >= 11 is 0. The summed E-state index contributed by atoms with van der Waals surface area (Å²) in [6, 6.07) is 8.26. The van der Waals surface area contributed by atoms with E-state index in [4.69, 9.17) is 0 Å². The lowest BCUT2D eigenvalue weighted by atomic mass is 10.2. The summed E-state index contributed by atoms with van der Waals surface area (Å²) in [5, 5.41) is 12.2. The molecule has 2 aromatic heterocycles. The van der Waals surface area contributed by atoms with E-state index in [0.717, 1.165) is 0 Å². The lowest BCUT2D eigenvalue weighted by Gasteiger charge is -2.12. The first kappa shape index (κ1) is 11.2. The van der Waals surface area contributed by atoms with Crippen LogP contribution in [0.2, 0.25) is 0 Å². The average Bonchev–Trinajstić information content (AvgIpc) is 2.40. The standard InChI is InChI=1S/C12H11N3O2/c16-11(9-4-7-13-8-5-9)15-12(17)10-3-1-2-6-14-10/h1-8,11,16H,(H,15,17)/t11-/m1/s1. The Kier molecular flexibility index (Phi) is 3.42. The number of hydrogen-bond donors (Lipinski definition) is 2. The van der Waals surface area contributed by atoms with Gasteiger partial charge in [-0.1, -0.05) is 6.07 Å². The van der Waals surface area contributed by atoms with E-state index in [1.54, 1.807) is 42.7 Å².